The molecule has 0 saturated carbocycles. The molecule has 0 aliphatic rings. The Morgan fingerprint density at radius 1 is 1.15 bits per heavy atom. The summed E-state index contributed by atoms with van der Waals surface area (Å²) in [6.45, 7) is 8.95. The fourth-order valence-corrected chi connectivity index (χ4v) is 3.00. The van der Waals surface area contributed by atoms with E-state index in [1.165, 1.54) is 16.3 Å². The smallest absolute Gasteiger partial charge is 0.213 e. The van der Waals surface area contributed by atoms with Gasteiger partial charge in [0.25, 0.3) is 0 Å². The summed E-state index contributed by atoms with van der Waals surface area (Å²) in [6.07, 6.45) is 1.80. The Morgan fingerprint density at radius 2 is 1.89 bits per heavy atom. The van der Waals surface area contributed by atoms with Gasteiger partial charge in [-0.3, -0.25) is 4.99 Å². The first-order valence-electron chi connectivity index (χ1n) is 9.28. The molecule has 0 spiro atoms. The van der Waals surface area contributed by atoms with Crippen LogP contribution in [-0.2, 0) is 12.0 Å². The Morgan fingerprint density at radius 3 is 2.59 bits per heavy atom. The highest BCUT2D eigenvalue weighted by Gasteiger charge is 2.19. The molecule has 27 heavy (non-hydrogen) atoms. The Balaban J connectivity index is 1.67. The number of aromatic nitrogens is 1. The minimum Gasteiger partial charge on any atom is -0.443 e. The molecular formula is C22H28N4O. The summed E-state index contributed by atoms with van der Waals surface area (Å²) in [6, 6.07) is 14.9. The van der Waals surface area contributed by atoms with Crippen LogP contribution in [0.15, 0.2) is 58.1 Å². The second-order valence-corrected chi connectivity index (χ2v) is 7.73. The van der Waals surface area contributed by atoms with Gasteiger partial charge in [0.1, 0.15) is 5.76 Å². The molecule has 0 aliphatic heterocycles. The molecule has 5 heteroatoms. The molecule has 0 amide bonds. The third-order valence-electron chi connectivity index (χ3n) is 4.57. The molecule has 142 valence electrons. The van der Waals surface area contributed by atoms with Gasteiger partial charge in [0.15, 0.2) is 5.96 Å². The van der Waals surface area contributed by atoms with Gasteiger partial charge >= 0.3 is 0 Å². The maximum atomic E-state index is 5.83. The topological polar surface area (TPSA) is 62.5 Å². The van der Waals surface area contributed by atoms with Crippen LogP contribution in [0.3, 0.4) is 0 Å². The van der Waals surface area contributed by atoms with E-state index in [1.54, 1.807) is 13.2 Å². The number of fused-ring (bicyclic) bond motifs is 1. The van der Waals surface area contributed by atoms with Crippen LogP contribution in [0.1, 0.15) is 51.0 Å². The molecule has 1 atom stereocenters. The van der Waals surface area contributed by atoms with Gasteiger partial charge in [-0.15, -0.1) is 0 Å². The van der Waals surface area contributed by atoms with Crippen LogP contribution in [0.5, 0.6) is 0 Å². The monoisotopic (exact) mass is 364 g/mol. The molecule has 5 nitrogen and oxygen atoms in total. The molecule has 0 radical (unpaired) electrons. The zero-order chi connectivity index (χ0) is 19.4. The summed E-state index contributed by atoms with van der Waals surface area (Å²) in [5, 5.41) is 9.22. The summed E-state index contributed by atoms with van der Waals surface area (Å²) in [4.78, 5) is 8.68. The molecule has 1 unspecified atom stereocenters. The number of aliphatic imine (C=N–C) groups is 1. The first kappa shape index (κ1) is 19.0. The Labute approximate surface area is 160 Å². The minimum atomic E-state index is -0.0476. The molecule has 3 aromatic rings. The van der Waals surface area contributed by atoms with Crippen molar-refractivity contribution in [3.8, 4) is 0 Å². The van der Waals surface area contributed by atoms with Crippen molar-refractivity contribution >= 4 is 16.7 Å². The quantitative estimate of drug-likeness (QED) is 0.526. The lowest BCUT2D eigenvalue weighted by Crippen LogP contribution is -2.38. The summed E-state index contributed by atoms with van der Waals surface area (Å²) < 4.78 is 5.83. The molecule has 2 N–H and O–H groups in total. The zero-order valence-corrected chi connectivity index (χ0v) is 16.7. The van der Waals surface area contributed by atoms with Crippen LogP contribution in [0.25, 0.3) is 10.8 Å². The second kappa shape index (κ2) is 7.82. The summed E-state index contributed by atoms with van der Waals surface area (Å²) in [5.41, 5.74) is 1.19. The third-order valence-corrected chi connectivity index (χ3v) is 4.57. The van der Waals surface area contributed by atoms with Crippen molar-refractivity contribution in [2.45, 2.75) is 45.7 Å². The number of nitrogens with zero attached hydrogens (tertiary/aromatic N) is 2. The lowest BCUT2D eigenvalue weighted by molar-refractivity contribution is 0.379. The average Bonchev–Trinajstić information content (AvgIpc) is 3.14. The molecule has 2 aromatic carbocycles. The van der Waals surface area contributed by atoms with E-state index in [9.17, 15) is 0 Å². The molecular weight excluding hydrogens is 336 g/mol. The molecule has 0 fully saturated rings. The van der Waals surface area contributed by atoms with Gasteiger partial charge in [-0.1, -0.05) is 63.2 Å². The maximum absolute atomic E-state index is 5.83. The molecule has 3 rings (SSSR count). The highest BCUT2D eigenvalue weighted by atomic mass is 16.4. The van der Waals surface area contributed by atoms with Crippen LogP contribution in [0, 0.1) is 0 Å². The van der Waals surface area contributed by atoms with Crippen LogP contribution in [-0.4, -0.2) is 18.0 Å². The normalized spacial score (nSPS) is 13.6. The van der Waals surface area contributed by atoms with Gasteiger partial charge in [-0.25, -0.2) is 4.98 Å². The lowest BCUT2D eigenvalue weighted by atomic mass is 9.94. The largest absolute Gasteiger partial charge is 0.443 e. The van der Waals surface area contributed by atoms with E-state index < -0.39 is 0 Å². The van der Waals surface area contributed by atoms with Crippen molar-refractivity contribution in [1.29, 1.82) is 0 Å². The predicted octanol–water partition coefficient (Wildman–Crippen LogP) is 4.55. The van der Waals surface area contributed by atoms with Gasteiger partial charge in [0.05, 0.1) is 18.8 Å². The van der Waals surface area contributed by atoms with E-state index in [0.717, 1.165) is 5.76 Å². The number of guanidine groups is 1. The number of hydrogen-bond donors (Lipinski definition) is 2. The van der Waals surface area contributed by atoms with Crippen molar-refractivity contribution in [2.75, 3.05) is 7.05 Å². The fourth-order valence-electron chi connectivity index (χ4n) is 3.00. The average molecular weight is 364 g/mol. The van der Waals surface area contributed by atoms with Gasteiger partial charge < -0.3 is 15.1 Å². The summed E-state index contributed by atoms with van der Waals surface area (Å²) in [5.74, 6) is 2.25. The number of oxazole rings is 1. The molecule has 0 saturated heterocycles. The van der Waals surface area contributed by atoms with Crippen molar-refractivity contribution in [3.05, 3.63) is 65.9 Å². The SMILES string of the molecule is CN=C(NCc1ncc(C(C)(C)C)o1)NC(C)c1cccc2ccccc12. The Bertz CT molecular complexity index is 931. The molecule has 0 bridgehead atoms. The summed E-state index contributed by atoms with van der Waals surface area (Å²) in [7, 11) is 1.77. The second-order valence-electron chi connectivity index (χ2n) is 7.73. The highest BCUT2D eigenvalue weighted by molar-refractivity contribution is 5.87. The highest BCUT2D eigenvalue weighted by Crippen LogP contribution is 2.24. The first-order valence-corrected chi connectivity index (χ1v) is 9.28. The zero-order valence-electron chi connectivity index (χ0n) is 16.7. The van der Waals surface area contributed by atoms with E-state index in [0.29, 0.717) is 18.4 Å². The molecule has 1 aromatic heterocycles. The predicted molar refractivity (Wildman–Crippen MR) is 111 cm³/mol. The summed E-state index contributed by atoms with van der Waals surface area (Å²) >= 11 is 0. The maximum Gasteiger partial charge on any atom is 0.213 e. The number of rotatable bonds is 4. The van der Waals surface area contributed by atoms with Gasteiger partial charge in [-0.2, -0.15) is 0 Å². The Kier molecular flexibility index (Phi) is 5.49. The van der Waals surface area contributed by atoms with E-state index in [4.69, 9.17) is 4.42 Å². The number of nitrogens with one attached hydrogen (secondary N) is 2. The minimum absolute atomic E-state index is 0.0476. The van der Waals surface area contributed by atoms with E-state index >= 15 is 0 Å². The fraction of sp³-hybridized carbons (Fsp3) is 0.364. The standard InChI is InChI=1S/C22H28N4O/c1-15(17-12-8-10-16-9-6-7-11-18(16)17)26-21(23-5)25-14-20-24-13-19(27-20)22(2,3)4/h6-13,15H,14H2,1-5H3,(H2,23,25,26). The van der Waals surface area contributed by atoms with Crippen LogP contribution in [0.4, 0.5) is 0 Å². The van der Waals surface area contributed by atoms with E-state index in [-0.39, 0.29) is 11.5 Å². The van der Waals surface area contributed by atoms with Crippen molar-refractivity contribution in [1.82, 2.24) is 15.6 Å². The number of benzene rings is 2. The van der Waals surface area contributed by atoms with Gasteiger partial charge in [0.2, 0.25) is 5.89 Å². The van der Waals surface area contributed by atoms with Crippen LogP contribution < -0.4 is 10.6 Å². The van der Waals surface area contributed by atoms with Gasteiger partial charge in [-0.05, 0) is 23.3 Å². The van der Waals surface area contributed by atoms with Crippen molar-refractivity contribution in [2.24, 2.45) is 4.99 Å². The van der Waals surface area contributed by atoms with Gasteiger partial charge in [0, 0.05) is 12.5 Å². The number of hydrogen-bond acceptors (Lipinski definition) is 3. The Hall–Kier alpha value is -2.82. The lowest BCUT2D eigenvalue weighted by Gasteiger charge is -2.19. The van der Waals surface area contributed by atoms with Crippen molar-refractivity contribution in [3.63, 3.8) is 0 Å². The van der Waals surface area contributed by atoms with E-state index in [2.05, 4.69) is 90.8 Å². The van der Waals surface area contributed by atoms with Crippen molar-refractivity contribution < 1.29 is 4.42 Å². The van der Waals surface area contributed by atoms with Crippen LogP contribution in [0.2, 0.25) is 0 Å². The molecule has 1 heterocycles. The third kappa shape index (κ3) is 4.48. The molecule has 0 aliphatic carbocycles. The van der Waals surface area contributed by atoms with Crippen LogP contribution >= 0.6 is 0 Å². The van der Waals surface area contributed by atoms with E-state index in [1.807, 2.05) is 0 Å². The first-order chi connectivity index (χ1) is 12.9.